The van der Waals surface area contributed by atoms with Crippen molar-refractivity contribution in [1.29, 1.82) is 0 Å². The average molecular weight is 261 g/mol. The van der Waals surface area contributed by atoms with E-state index in [2.05, 4.69) is 41.7 Å². The van der Waals surface area contributed by atoms with E-state index in [4.69, 9.17) is 0 Å². The minimum Gasteiger partial charge on any atom is -0.316 e. The fourth-order valence-electron chi connectivity index (χ4n) is 2.33. The molecule has 0 spiro atoms. The average Bonchev–Trinajstić information content (AvgIpc) is 2.33. The van der Waals surface area contributed by atoms with Gasteiger partial charge in [0.25, 0.3) is 0 Å². The molecule has 0 aromatic heterocycles. The molecule has 2 heteroatoms. The largest absolute Gasteiger partial charge is 0.316 e. The van der Waals surface area contributed by atoms with Crippen LogP contribution in [0.2, 0.25) is 0 Å². The fraction of sp³-hybridized carbons (Fsp3) is 0.500. The molecule has 0 aliphatic heterocycles. The van der Waals surface area contributed by atoms with Gasteiger partial charge in [-0.15, -0.1) is 11.8 Å². The van der Waals surface area contributed by atoms with Crippen molar-refractivity contribution in [1.82, 2.24) is 5.32 Å². The molecule has 0 saturated heterocycles. The van der Waals surface area contributed by atoms with Crippen LogP contribution in [0.25, 0.3) is 0 Å². The number of hydrogen-bond acceptors (Lipinski definition) is 2. The smallest absolute Gasteiger partial charge is 0.0274 e. The van der Waals surface area contributed by atoms with Crippen molar-refractivity contribution in [3.8, 4) is 0 Å². The van der Waals surface area contributed by atoms with Crippen molar-refractivity contribution in [2.45, 2.75) is 48.8 Å². The monoisotopic (exact) mass is 261 g/mol. The van der Waals surface area contributed by atoms with E-state index in [0.29, 0.717) is 5.25 Å². The Bertz CT molecular complexity index is 386. The summed E-state index contributed by atoms with van der Waals surface area (Å²) in [4.78, 5) is 1.40. The summed E-state index contributed by atoms with van der Waals surface area (Å²) in [6.07, 6.45) is 11.5. The molecule has 1 N–H and O–H groups in total. The molecule has 1 aromatic rings. The summed E-state index contributed by atoms with van der Waals surface area (Å²) in [5.74, 6) is 0. The predicted molar refractivity (Wildman–Crippen MR) is 81.1 cm³/mol. The van der Waals surface area contributed by atoms with Crippen LogP contribution in [-0.4, -0.2) is 12.3 Å². The van der Waals surface area contributed by atoms with Gasteiger partial charge < -0.3 is 5.32 Å². The molecule has 0 heterocycles. The lowest BCUT2D eigenvalue weighted by molar-refractivity contribution is 0.643. The fourth-order valence-corrected chi connectivity index (χ4v) is 3.53. The van der Waals surface area contributed by atoms with Crippen LogP contribution in [0.3, 0.4) is 0 Å². The van der Waals surface area contributed by atoms with Crippen LogP contribution in [0.1, 0.15) is 37.7 Å². The van der Waals surface area contributed by atoms with E-state index in [1.807, 2.05) is 18.8 Å². The van der Waals surface area contributed by atoms with E-state index in [0.717, 1.165) is 6.54 Å². The van der Waals surface area contributed by atoms with Crippen LogP contribution in [0, 0.1) is 0 Å². The maximum absolute atomic E-state index is 3.21. The normalized spacial score (nSPS) is 22.2. The number of nitrogens with one attached hydrogen (secondary N) is 1. The highest BCUT2D eigenvalue weighted by Crippen LogP contribution is 2.29. The molecule has 18 heavy (non-hydrogen) atoms. The summed E-state index contributed by atoms with van der Waals surface area (Å²) in [5, 5.41) is 3.87. The lowest BCUT2D eigenvalue weighted by atomic mass is 10.1. The van der Waals surface area contributed by atoms with E-state index in [1.54, 1.807) is 0 Å². The van der Waals surface area contributed by atoms with E-state index in [1.165, 1.54) is 42.6 Å². The van der Waals surface area contributed by atoms with E-state index in [9.17, 15) is 0 Å². The summed E-state index contributed by atoms with van der Waals surface area (Å²) in [6.45, 7) is 0.953. The highest BCUT2D eigenvalue weighted by atomic mass is 32.2. The van der Waals surface area contributed by atoms with Crippen molar-refractivity contribution in [2.75, 3.05) is 7.05 Å². The molecule has 0 fully saturated rings. The standard InChI is InChI=1S/C16H23NS/c1-17-13-14-8-7-11-16(12-14)18-15-9-5-3-2-4-6-10-15/h5,7-9,11-12,15,17H,2-4,6,10,13H2,1H3/b9-5+. The van der Waals surface area contributed by atoms with Crippen molar-refractivity contribution in [2.24, 2.45) is 0 Å². The summed E-state index contributed by atoms with van der Waals surface area (Å²) in [6, 6.07) is 8.90. The Labute approximate surface area is 115 Å². The molecule has 98 valence electrons. The van der Waals surface area contributed by atoms with Gasteiger partial charge in [0, 0.05) is 16.7 Å². The highest BCUT2D eigenvalue weighted by Gasteiger charge is 2.09. The Hall–Kier alpha value is -0.730. The third kappa shape index (κ3) is 4.51. The van der Waals surface area contributed by atoms with Crippen molar-refractivity contribution in [3.63, 3.8) is 0 Å². The van der Waals surface area contributed by atoms with Gasteiger partial charge in [0.2, 0.25) is 0 Å². The maximum Gasteiger partial charge on any atom is 0.0274 e. The van der Waals surface area contributed by atoms with Crippen LogP contribution in [0.5, 0.6) is 0 Å². The third-order valence-electron chi connectivity index (χ3n) is 3.28. The van der Waals surface area contributed by atoms with Crippen LogP contribution in [-0.2, 0) is 6.54 Å². The van der Waals surface area contributed by atoms with Crippen LogP contribution in [0.4, 0.5) is 0 Å². The first kappa shape index (κ1) is 13.7. The maximum atomic E-state index is 3.21. The molecule has 1 aliphatic rings. The Morgan fingerprint density at radius 3 is 3.11 bits per heavy atom. The molecule has 0 bridgehead atoms. The Kier molecular flexibility index (Phi) is 5.82. The predicted octanol–water partition coefficient (Wildman–Crippen LogP) is 4.39. The molecular weight excluding hydrogens is 238 g/mol. The minimum absolute atomic E-state index is 0.662. The van der Waals surface area contributed by atoms with Gasteiger partial charge in [-0.25, -0.2) is 0 Å². The summed E-state index contributed by atoms with van der Waals surface area (Å²) in [5.41, 5.74) is 1.37. The van der Waals surface area contributed by atoms with Gasteiger partial charge in [-0.2, -0.15) is 0 Å². The topological polar surface area (TPSA) is 12.0 Å². The molecule has 0 amide bonds. The SMILES string of the molecule is CNCc1cccc(SC2/C=C/CCCCC2)c1. The number of benzene rings is 1. The summed E-state index contributed by atoms with van der Waals surface area (Å²) in [7, 11) is 2.00. The number of hydrogen-bond donors (Lipinski definition) is 1. The van der Waals surface area contributed by atoms with E-state index < -0.39 is 0 Å². The Morgan fingerprint density at radius 1 is 1.28 bits per heavy atom. The number of allylic oxidation sites excluding steroid dienone is 1. The second-order valence-corrected chi connectivity index (χ2v) is 6.21. The van der Waals surface area contributed by atoms with E-state index in [-0.39, 0.29) is 0 Å². The second-order valence-electron chi connectivity index (χ2n) is 4.90. The number of thioether (sulfide) groups is 1. The van der Waals surface area contributed by atoms with Gasteiger partial charge in [0.15, 0.2) is 0 Å². The van der Waals surface area contributed by atoms with Gasteiger partial charge in [0.1, 0.15) is 0 Å². The third-order valence-corrected chi connectivity index (χ3v) is 4.50. The van der Waals surface area contributed by atoms with Gasteiger partial charge in [-0.1, -0.05) is 37.1 Å². The molecular formula is C16H23NS. The first-order valence-electron chi connectivity index (χ1n) is 6.95. The molecule has 1 atom stereocenters. The lowest BCUT2D eigenvalue weighted by Gasteiger charge is -2.15. The zero-order chi connectivity index (χ0) is 12.6. The quantitative estimate of drug-likeness (QED) is 0.807. The zero-order valence-electron chi connectivity index (χ0n) is 11.2. The summed E-state index contributed by atoms with van der Waals surface area (Å²) >= 11 is 2.01. The molecule has 0 radical (unpaired) electrons. The van der Waals surface area contributed by atoms with Gasteiger partial charge in [-0.3, -0.25) is 0 Å². The molecule has 1 aliphatic carbocycles. The lowest BCUT2D eigenvalue weighted by Crippen LogP contribution is -2.05. The van der Waals surface area contributed by atoms with Gasteiger partial charge in [0.05, 0.1) is 0 Å². The first-order valence-corrected chi connectivity index (χ1v) is 7.83. The Balaban J connectivity index is 1.98. The molecule has 0 saturated carbocycles. The zero-order valence-corrected chi connectivity index (χ0v) is 12.0. The van der Waals surface area contributed by atoms with Crippen molar-refractivity contribution < 1.29 is 0 Å². The molecule has 1 unspecified atom stereocenters. The molecule has 1 nitrogen and oxygen atoms in total. The van der Waals surface area contributed by atoms with Crippen LogP contribution >= 0.6 is 11.8 Å². The van der Waals surface area contributed by atoms with Gasteiger partial charge >= 0.3 is 0 Å². The first-order chi connectivity index (χ1) is 8.88. The van der Waals surface area contributed by atoms with Crippen molar-refractivity contribution in [3.05, 3.63) is 42.0 Å². The highest BCUT2D eigenvalue weighted by molar-refractivity contribution is 8.00. The Morgan fingerprint density at radius 2 is 2.22 bits per heavy atom. The van der Waals surface area contributed by atoms with Crippen molar-refractivity contribution >= 4 is 11.8 Å². The van der Waals surface area contributed by atoms with Crippen LogP contribution < -0.4 is 5.32 Å². The molecule has 1 aromatic carbocycles. The number of rotatable bonds is 4. The van der Waals surface area contributed by atoms with Crippen LogP contribution in [0.15, 0.2) is 41.3 Å². The molecule has 2 rings (SSSR count). The van der Waals surface area contributed by atoms with Gasteiger partial charge in [-0.05, 0) is 44.0 Å². The van der Waals surface area contributed by atoms with E-state index >= 15 is 0 Å². The minimum atomic E-state index is 0.662. The second kappa shape index (κ2) is 7.65. The summed E-state index contributed by atoms with van der Waals surface area (Å²) < 4.78 is 0.